The number of nitrogens with one attached hydrogen (secondary N) is 1. The van der Waals surface area contributed by atoms with E-state index in [9.17, 15) is 0 Å². The SMILES string of the molecule is C=CCC(CC)CCNCc1nnc(-c2cccs2)o1. The monoisotopic (exact) mass is 291 g/mol. The molecule has 0 aromatic carbocycles. The van der Waals surface area contributed by atoms with Crippen molar-refractivity contribution in [3.8, 4) is 10.8 Å². The van der Waals surface area contributed by atoms with Crippen LogP contribution in [0.5, 0.6) is 0 Å². The van der Waals surface area contributed by atoms with E-state index in [2.05, 4.69) is 29.0 Å². The van der Waals surface area contributed by atoms with E-state index in [1.807, 2.05) is 23.6 Å². The first-order chi connectivity index (χ1) is 9.83. The zero-order valence-corrected chi connectivity index (χ0v) is 12.7. The number of allylic oxidation sites excluding steroid dienone is 1. The van der Waals surface area contributed by atoms with E-state index < -0.39 is 0 Å². The summed E-state index contributed by atoms with van der Waals surface area (Å²) in [6.45, 7) is 7.61. The van der Waals surface area contributed by atoms with Crippen molar-refractivity contribution in [1.29, 1.82) is 0 Å². The van der Waals surface area contributed by atoms with Gasteiger partial charge in [0.2, 0.25) is 5.89 Å². The predicted octanol–water partition coefficient (Wildman–Crippen LogP) is 3.88. The summed E-state index contributed by atoms with van der Waals surface area (Å²) in [5.41, 5.74) is 0. The summed E-state index contributed by atoms with van der Waals surface area (Å²) in [4.78, 5) is 1.01. The molecule has 0 bridgehead atoms. The van der Waals surface area contributed by atoms with Crippen LogP contribution in [-0.4, -0.2) is 16.7 Å². The fourth-order valence-electron chi connectivity index (χ4n) is 2.05. The van der Waals surface area contributed by atoms with Crippen molar-refractivity contribution in [2.45, 2.75) is 32.7 Å². The number of thiophene rings is 1. The molecule has 2 aromatic rings. The standard InChI is InChI=1S/C15H21N3OS/c1-3-6-12(4-2)8-9-16-11-14-17-18-15(19-14)13-7-5-10-20-13/h3,5,7,10,12,16H,1,4,6,8-9,11H2,2H3. The molecule has 108 valence electrons. The minimum Gasteiger partial charge on any atom is -0.419 e. The Morgan fingerprint density at radius 1 is 1.50 bits per heavy atom. The van der Waals surface area contributed by atoms with E-state index >= 15 is 0 Å². The maximum Gasteiger partial charge on any atom is 0.257 e. The van der Waals surface area contributed by atoms with Crippen LogP contribution in [-0.2, 0) is 6.54 Å². The summed E-state index contributed by atoms with van der Waals surface area (Å²) in [6, 6.07) is 3.96. The summed E-state index contributed by atoms with van der Waals surface area (Å²) >= 11 is 1.60. The van der Waals surface area contributed by atoms with Crippen LogP contribution in [0.25, 0.3) is 10.8 Å². The topological polar surface area (TPSA) is 51.0 Å². The maximum atomic E-state index is 5.62. The minimum absolute atomic E-state index is 0.606. The molecule has 1 atom stereocenters. The molecule has 5 heteroatoms. The lowest BCUT2D eigenvalue weighted by Crippen LogP contribution is -2.17. The van der Waals surface area contributed by atoms with Gasteiger partial charge in [0, 0.05) is 0 Å². The molecule has 0 saturated carbocycles. The second kappa shape index (κ2) is 7.97. The van der Waals surface area contributed by atoms with Crippen molar-refractivity contribution in [2.24, 2.45) is 5.92 Å². The lowest BCUT2D eigenvalue weighted by Gasteiger charge is -2.11. The number of aromatic nitrogens is 2. The smallest absolute Gasteiger partial charge is 0.257 e. The molecule has 0 aliphatic heterocycles. The van der Waals surface area contributed by atoms with Gasteiger partial charge in [0.25, 0.3) is 5.89 Å². The molecule has 0 radical (unpaired) electrons. The first kappa shape index (κ1) is 14.9. The van der Waals surface area contributed by atoms with Gasteiger partial charge in [-0.15, -0.1) is 28.1 Å². The highest BCUT2D eigenvalue weighted by Gasteiger charge is 2.09. The van der Waals surface area contributed by atoms with Gasteiger partial charge in [-0.3, -0.25) is 0 Å². The summed E-state index contributed by atoms with van der Waals surface area (Å²) in [7, 11) is 0. The van der Waals surface area contributed by atoms with E-state index in [0.29, 0.717) is 24.2 Å². The van der Waals surface area contributed by atoms with Crippen molar-refractivity contribution in [3.05, 3.63) is 36.1 Å². The Hall–Kier alpha value is -1.46. The third-order valence-corrected chi connectivity index (χ3v) is 4.14. The van der Waals surface area contributed by atoms with E-state index in [-0.39, 0.29) is 0 Å². The van der Waals surface area contributed by atoms with Gasteiger partial charge in [-0.05, 0) is 36.8 Å². The molecule has 4 nitrogen and oxygen atoms in total. The van der Waals surface area contributed by atoms with E-state index in [1.54, 1.807) is 11.3 Å². The molecule has 2 heterocycles. The van der Waals surface area contributed by atoms with Gasteiger partial charge in [0.1, 0.15) is 0 Å². The average Bonchev–Trinajstić information content (AvgIpc) is 3.12. The highest BCUT2D eigenvalue weighted by molar-refractivity contribution is 7.13. The van der Waals surface area contributed by atoms with Gasteiger partial charge in [0.15, 0.2) is 0 Å². The molecular weight excluding hydrogens is 270 g/mol. The van der Waals surface area contributed by atoms with Crippen LogP contribution in [0.3, 0.4) is 0 Å². The van der Waals surface area contributed by atoms with Crippen molar-refractivity contribution in [2.75, 3.05) is 6.54 Å². The van der Waals surface area contributed by atoms with Gasteiger partial charge in [-0.1, -0.05) is 25.5 Å². The second-order valence-electron chi connectivity index (χ2n) is 4.74. The molecule has 0 spiro atoms. The van der Waals surface area contributed by atoms with Crippen LogP contribution in [0, 0.1) is 5.92 Å². The number of rotatable bonds is 9. The largest absolute Gasteiger partial charge is 0.419 e. The van der Waals surface area contributed by atoms with Crippen molar-refractivity contribution in [3.63, 3.8) is 0 Å². The van der Waals surface area contributed by atoms with Gasteiger partial charge >= 0.3 is 0 Å². The van der Waals surface area contributed by atoms with Gasteiger partial charge in [0.05, 0.1) is 11.4 Å². The average molecular weight is 291 g/mol. The Morgan fingerprint density at radius 2 is 2.40 bits per heavy atom. The molecule has 0 saturated heterocycles. The van der Waals surface area contributed by atoms with Crippen LogP contribution in [0.4, 0.5) is 0 Å². The number of nitrogens with zero attached hydrogens (tertiary/aromatic N) is 2. The summed E-state index contributed by atoms with van der Waals surface area (Å²) in [6.07, 6.45) is 5.42. The summed E-state index contributed by atoms with van der Waals surface area (Å²) in [5.74, 6) is 1.96. The Morgan fingerprint density at radius 3 is 3.10 bits per heavy atom. The summed E-state index contributed by atoms with van der Waals surface area (Å²) in [5, 5.41) is 13.5. The van der Waals surface area contributed by atoms with Crippen LogP contribution < -0.4 is 5.32 Å². The Labute approximate surface area is 123 Å². The Bertz CT molecular complexity index is 507. The first-order valence-corrected chi connectivity index (χ1v) is 7.89. The first-order valence-electron chi connectivity index (χ1n) is 7.01. The van der Waals surface area contributed by atoms with E-state index in [4.69, 9.17) is 4.42 Å². The third kappa shape index (κ3) is 4.28. The molecule has 20 heavy (non-hydrogen) atoms. The third-order valence-electron chi connectivity index (χ3n) is 3.28. The molecule has 0 amide bonds. The van der Waals surface area contributed by atoms with Crippen LogP contribution in [0.1, 0.15) is 32.1 Å². The fraction of sp³-hybridized carbons (Fsp3) is 0.467. The molecule has 0 aliphatic rings. The normalized spacial score (nSPS) is 12.4. The van der Waals surface area contributed by atoms with Gasteiger partial charge in [-0.2, -0.15) is 0 Å². The fourth-order valence-corrected chi connectivity index (χ4v) is 2.69. The molecule has 1 unspecified atom stereocenters. The molecule has 1 N–H and O–H groups in total. The zero-order chi connectivity index (χ0) is 14.2. The quantitative estimate of drug-likeness (QED) is 0.562. The Kier molecular flexibility index (Phi) is 5.95. The van der Waals surface area contributed by atoms with Gasteiger partial charge < -0.3 is 9.73 Å². The molecule has 2 rings (SSSR count). The Balaban J connectivity index is 1.73. The lowest BCUT2D eigenvalue weighted by atomic mass is 9.99. The predicted molar refractivity (Wildman–Crippen MR) is 82.5 cm³/mol. The summed E-state index contributed by atoms with van der Waals surface area (Å²) < 4.78 is 5.62. The number of hydrogen-bond acceptors (Lipinski definition) is 5. The highest BCUT2D eigenvalue weighted by Crippen LogP contribution is 2.22. The minimum atomic E-state index is 0.606. The lowest BCUT2D eigenvalue weighted by molar-refractivity contribution is 0.432. The number of hydrogen-bond donors (Lipinski definition) is 1. The van der Waals surface area contributed by atoms with Crippen molar-refractivity contribution < 1.29 is 4.42 Å². The van der Waals surface area contributed by atoms with Crippen molar-refractivity contribution >= 4 is 11.3 Å². The molecule has 0 fully saturated rings. The zero-order valence-electron chi connectivity index (χ0n) is 11.8. The van der Waals surface area contributed by atoms with Crippen LogP contribution >= 0.6 is 11.3 Å². The second-order valence-corrected chi connectivity index (χ2v) is 5.69. The molecule has 0 aliphatic carbocycles. The highest BCUT2D eigenvalue weighted by atomic mass is 32.1. The van der Waals surface area contributed by atoms with E-state index in [0.717, 1.165) is 24.3 Å². The molecule has 2 aromatic heterocycles. The van der Waals surface area contributed by atoms with Crippen molar-refractivity contribution in [1.82, 2.24) is 15.5 Å². The van der Waals surface area contributed by atoms with Gasteiger partial charge in [-0.25, -0.2) is 0 Å². The van der Waals surface area contributed by atoms with Crippen LogP contribution in [0.15, 0.2) is 34.6 Å². The molecular formula is C15H21N3OS. The van der Waals surface area contributed by atoms with E-state index in [1.165, 1.54) is 6.42 Å². The van der Waals surface area contributed by atoms with Crippen LogP contribution in [0.2, 0.25) is 0 Å². The maximum absolute atomic E-state index is 5.62.